The Morgan fingerprint density at radius 1 is 1.05 bits per heavy atom. The third-order valence-corrected chi connectivity index (χ3v) is 4.51. The van der Waals surface area contributed by atoms with E-state index in [1.807, 2.05) is 0 Å². The minimum Gasteiger partial charge on any atom is -0.338 e. The van der Waals surface area contributed by atoms with Crippen molar-refractivity contribution in [3.63, 3.8) is 0 Å². The van der Waals surface area contributed by atoms with Crippen molar-refractivity contribution in [2.45, 2.75) is 51.2 Å². The summed E-state index contributed by atoms with van der Waals surface area (Å²) in [6.07, 6.45) is 6.85. The molecule has 6 nitrogen and oxygen atoms in total. The second-order valence-electron chi connectivity index (χ2n) is 5.91. The van der Waals surface area contributed by atoms with Gasteiger partial charge in [-0.1, -0.05) is 18.0 Å². The van der Waals surface area contributed by atoms with Crippen LogP contribution in [0.4, 0.5) is 0 Å². The predicted molar refractivity (Wildman–Crippen MR) is 90.4 cm³/mol. The molecule has 2 heterocycles. The highest BCUT2D eigenvalue weighted by molar-refractivity contribution is 5.85. The van der Waals surface area contributed by atoms with E-state index in [-0.39, 0.29) is 24.8 Å². The summed E-state index contributed by atoms with van der Waals surface area (Å²) in [4.78, 5) is 9.41. The highest BCUT2D eigenvalue weighted by Crippen LogP contribution is 2.24. The van der Waals surface area contributed by atoms with E-state index in [0.29, 0.717) is 12.4 Å². The van der Waals surface area contributed by atoms with Gasteiger partial charge in [-0.25, -0.2) is 0 Å². The van der Waals surface area contributed by atoms with E-state index >= 15 is 0 Å². The summed E-state index contributed by atoms with van der Waals surface area (Å²) in [7, 11) is 0. The number of halogens is 2. The van der Waals surface area contributed by atoms with Crippen LogP contribution in [0.15, 0.2) is 4.52 Å². The monoisotopic (exact) mass is 351 g/mol. The van der Waals surface area contributed by atoms with E-state index in [1.54, 1.807) is 0 Å². The highest BCUT2D eigenvalue weighted by atomic mass is 35.5. The van der Waals surface area contributed by atoms with E-state index in [4.69, 9.17) is 10.3 Å². The molecule has 2 fully saturated rings. The average molecular weight is 352 g/mol. The molecule has 22 heavy (non-hydrogen) atoms. The molecule has 1 saturated heterocycles. The third-order valence-electron chi connectivity index (χ3n) is 4.51. The topological polar surface area (TPSA) is 71.4 Å². The Labute approximate surface area is 144 Å². The van der Waals surface area contributed by atoms with Crippen LogP contribution in [-0.4, -0.2) is 52.2 Å². The van der Waals surface area contributed by atoms with E-state index in [1.165, 1.54) is 45.2 Å². The Hall–Kier alpha value is -0.400. The first-order valence-electron chi connectivity index (χ1n) is 7.83. The van der Waals surface area contributed by atoms with Crippen molar-refractivity contribution < 1.29 is 4.52 Å². The fraction of sp³-hybridized carbons (Fsp3) is 0.857. The average Bonchev–Trinajstić information content (AvgIpc) is 3.09. The van der Waals surface area contributed by atoms with Gasteiger partial charge in [0.15, 0.2) is 5.82 Å². The van der Waals surface area contributed by atoms with Crippen LogP contribution in [-0.2, 0) is 13.1 Å². The van der Waals surface area contributed by atoms with Crippen LogP contribution in [0.1, 0.15) is 43.8 Å². The zero-order chi connectivity index (χ0) is 13.8. The number of nitrogens with zero attached hydrogens (tertiary/aromatic N) is 4. The standard InChI is InChI=1S/C14H25N5O.2ClH/c15-10-14-16-13(17-20-14)11-18-6-3-7-19(9-8-18)12-4-1-2-5-12;;/h12H,1-11,15H2;2*1H. The van der Waals surface area contributed by atoms with Crippen molar-refractivity contribution in [2.75, 3.05) is 26.2 Å². The van der Waals surface area contributed by atoms with E-state index in [0.717, 1.165) is 31.5 Å². The SMILES string of the molecule is Cl.Cl.NCc1nc(CN2CCCN(C3CCCC3)CC2)no1. The molecule has 0 unspecified atom stereocenters. The Bertz CT molecular complexity index is 425. The van der Waals surface area contributed by atoms with E-state index < -0.39 is 0 Å². The van der Waals surface area contributed by atoms with Crippen LogP contribution in [0.2, 0.25) is 0 Å². The van der Waals surface area contributed by atoms with Gasteiger partial charge in [-0.2, -0.15) is 4.98 Å². The van der Waals surface area contributed by atoms with E-state index in [9.17, 15) is 0 Å². The van der Waals surface area contributed by atoms with Crippen molar-refractivity contribution in [1.82, 2.24) is 19.9 Å². The molecule has 1 aliphatic carbocycles. The number of nitrogens with two attached hydrogens (primary N) is 1. The summed E-state index contributed by atoms with van der Waals surface area (Å²) in [6, 6.07) is 0.837. The molecule has 128 valence electrons. The lowest BCUT2D eigenvalue weighted by Crippen LogP contribution is -2.36. The Morgan fingerprint density at radius 2 is 1.82 bits per heavy atom. The summed E-state index contributed by atoms with van der Waals surface area (Å²) in [5.74, 6) is 1.29. The molecule has 0 bridgehead atoms. The summed E-state index contributed by atoms with van der Waals surface area (Å²) < 4.78 is 5.07. The molecular formula is C14H27Cl2N5O. The minimum atomic E-state index is 0. The van der Waals surface area contributed by atoms with Crippen molar-refractivity contribution in [2.24, 2.45) is 5.73 Å². The largest absolute Gasteiger partial charge is 0.338 e. The highest BCUT2D eigenvalue weighted by Gasteiger charge is 2.25. The number of rotatable bonds is 4. The first-order chi connectivity index (χ1) is 9.85. The predicted octanol–water partition coefficient (Wildman–Crippen LogP) is 1.82. The summed E-state index contributed by atoms with van der Waals surface area (Å²) in [5.41, 5.74) is 5.49. The van der Waals surface area contributed by atoms with Crippen molar-refractivity contribution in [3.8, 4) is 0 Å². The molecule has 3 rings (SSSR count). The zero-order valence-electron chi connectivity index (χ0n) is 12.9. The molecule has 1 aromatic rings. The van der Waals surface area contributed by atoms with Crippen molar-refractivity contribution >= 4 is 24.8 Å². The molecule has 1 saturated carbocycles. The number of hydrogen-bond acceptors (Lipinski definition) is 6. The normalized spacial score (nSPS) is 21.1. The van der Waals surface area contributed by atoms with Gasteiger partial charge < -0.3 is 10.3 Å². The lowest BCUT2D eigenvalue weighted by Gasteiger charge is -2.27. The molecular weight excluding hydrogens is 325 g/mol. The van der Waals surface area contributed by atoms with Crippen LogP contribution in [0.25, 0.3) is 0 Å². The molecule has 0 spiro atoms. The molecule has 8 heteroatoms. The van der Waals surface area contributed by atoms with Crippen LogP contribution in [0, 0.1) is 0 Å². The molecule has 2 N–H and O–H groups in total. The minimum absolute atomic E-state index is 0. The summed E-state index contributed by atoms with van der Waals surface area (Å²) in [5, 5.41) is 3.99. The van der Waals surface area contributed by atoms with Gasteiger partial charge in [0.25, 0.3) is 0 Å². The summed E-state index contributed by atoms with van der Waals surface area (Å²) >= 11 is 0. The van der Waals surface area contributed by atoms with E-state index in [2.05, 4.69) is 19.9 Å². The summed E-state index contributed by atoms with van der Waals surface area (Å²) in [6.45, 7) is 5.73. The zero-order valence-corrected chi connectivity index (χ0v) is 14.6. The molecule has 1 aromatic heterocycles. The molecule has 0 radical (unpaired) electrons. The van der Waals surface area contributed by atoms with Gasteiger partial charge in [0.2, 0.25) is 5.89 Å². The molecule has 1 aliphatic heterocycles. The first-order valence-corrected chi connectivity index (χ1v) is 7.83. The Balaban J connectivity index is 0.00000121. The third kappa shape index (κ3) is 5.06. The molecule has 0 atom stereocenters. The number of aromatic nitrogens is 2. The lowest BCUT2D eigenvalue weighted by atomic mass is 10.2. The maximum Gasteiger partial charge on any atom is 0.240 e. The maximum absolute atomic E-state index is 5.49. The van der Waals surface area contributed by atoms with Gasteiger partial charge in [0, 0.05) is 19.1 Å². The molecule has 0 aromatic carbocycles. The second-order valence-corrected chi connectivity index (χ2v) is 5.91. The van der Waals surface area contributed by atoms with Gasteiger partial charge in [0.05, 0.1) is 13.1 Å². The van der Waals surface area contributed by atoms with Crippen LogP contribution in [0.3, 0.4) is 0 Å². The van der Waals surface area contributed by atoms with Gasteiger partial charge in [0.1, 0.15) is 0 Å². The van der Waals surface area contributed by atoms with Gasteiger partial charge >= 0.3 is 0 Å². The quantitative estimate of drug-likeness (QED) is 0.891. The fourth-order valence-corrected chi connectivity index (χ4v) is 3.42. The van der Waals surface area contributed by atoms with Gasteiger partial charge in [-0.15, -0.1) is 24.8 Å². The maximum atomic E-state index is 5.49. The van der Waals surface area contributed by atoms with Crippen LogP contribution in [0.5, 0.6) is 0 Å². The Morgan fingerprint density at radius 3 is 2.50 bits per heavy atom. The first kappa shape index (κ1) is 19.6. The molecule has 0 amide bonds. The smallest absolute Gasteiger partial charge is 0.240 e. The van der Waals surface area contributed by atoms with Crippen LogP contribution < -0.4 is 5.73 Å². The number of hydrogen-bond donors (Lipinski definition) is 1. The fourth-order valence-electron chi connectivity index (χ4n) is 3.42. The van der Waals surface area contributed by atoms with Crippen molar-refractivity contribution in [1.29, 1.82) is 0 Å². The van der Waals surface area contributed by atoms with Crippen LogP contribution >= 0.6 is 24.8 Å². The van der Waals surface area contributed by atoms with Gasteiger partial charge in [-0.05, 0) is 32.4 Å². The van der Waals surface area contributed by atoms with Crippen molar-refractivity contribution in [3.05, 3.63) is 11.7 Å². The lowest BCUT2D eigenvalue weighted by molar-refractivity contribution is 0.197. The van der Waals surface area contributed by atoms with Gasteiger partial charge in [-0.3, -0.25) is 9.80 Å². The Kier molecular flexibility index (Phi) is 8.64. The molecule has 2 aliphatic rings. The second kappa shape index (κ2) is 9.67.